The van der Waals surface area contributed by atoms with Gasteiger partial charge in [0.2, 0.25) is 11.8 Å². The highest BCUT2D eigenvalue weighted by Crippen LogP contribution is 2.20. The zero-order valence-corrected chi connectivity index (χ0v) is 18.3. The van der Waals surface area contributed by atoms with E-state index >= 15 is 0 Å². The predicted molar refractivity (Wildman–Crippen MR) is 121 cm³/mol. The molecule has 0 saturated carbocycles. The molecule has 1 aromatic heterocycles. The average molecular weight is 458 g/mol. The third-order valence-corrected chi connectivity index (χ3v) is 7.12. The number of nitrogens with one attached hydrogen (secondary N) is 3. The van der Waals surface area contributed by atoms with Crippen LogP contribution in [0.1, 0.15) is 17.5 Å². The van der Waals surface area contributed by atoms with E-state index in [0.29, 0.717) is 12.2 Å². The van der Waals surface area contributed by atoms with E-state index in [-0.39, 0.29) is 35.4 Å². The minimum Gasteiger partial charge on any atom is -0.355 e. The lowest BCUT2D eigenvalue weighted by Crippen LogP contribution is -2.31. The summed E-state index contributed by atoms with van der Waals surface area (Å²) in [4.78, 5) is 24.0. The summed E-state index contributed by atoms with van der Waals surface area (Å²) in [5.74, 6) is -0.339. The molecule has 0 radical (unpaired) electrons. The van der Waals surface area contributed by atoms with Crippen molar-refractivity contribution in [2.45, 2.75) is 23.6 Å². The van der Waals surface area contributed by atoms with E-state index < -0.39 is 10.0 Å². The number of hydrogen-bond acceptors (Lipinski definition) is 5. The molecule has 3 N–H and O–H groups in total. The molecule has 0 aliphatic rings. The van der Waals surface area contributed by atoms with Crippen molar-refractivity contribution in [3.63, 3.8) is 0 Å². The molecule has 31 heavy (non-hydrogen) atoms. The van der Waals surface area contributed by atoms with Crippen molar-refractivity contribution in [1.29, 1.82) is 0 Å². The first kappa shape index (κ1) is 22.5. The Kier molecular flexibility index (Phi) is 7.80. The minimum atomic E-state index is -3.60. The maximum atomic E-state index is 12.2. The van der Waals surface area contributed by atoms with Gasteiger partial charge in [-0.05, 0) is 34.7 Å². The number of hydrogen-bond donors (Lipinski definition) is 3. The van der Waals surface area contributed by atoms with Gasteiger partial charge in [-0.2, -0.15) is 0 Å². The van der Waals surface area contributed by atoms with Gasteiger partial charge in [0.05, 0.1) is 6.42 Å². The van der Waals surface area contributed by atoms with Crippen LogP contribution in [-0.4, -0.2) is 26.8 Å². The second-order valence-electron chi connectivity index (χ2n) is 6.77. The topological polar surface area (TPSA) is 104 Å². The monoisotopic (exact) mass is 457 g/mol. The van der Waals surface area contributed by atoms with Gasteiger partial charge < -0.3 is 10.6 Å². The lowest BCUT2D eigenvalue weighted by Gasteiger charge is -2.09. The summed E-state index contributed by atoms with van der Waals surface area (Å²) in [6.07, 6.45) is 0.339. The highest BCUT2D eigenvalue weighted by atomic mass is 32.2. The summed E-state index contributed by atoms with van der Waals surface area (Å²) < 4.78 is 27.2. The molecule has 0 bridgehead atoms. The van der Waals surface area contributed by atoms with Crippen molar-refractivity contribution in [1.82, 2.24) is 10.6 Å². The molecule has 3 rings (SSSR count). The van der Waals surface area contributed by atoms with Gasteiger partial charge in [0.15, 0.2) is 0 Å². The Morgan fingerprint density at radius 1 is 0.806 bits per heavy atom. The Balaban J connectivity index is 1.39. The van der Waals surface area contributed by atoms with E-state index in [9.17, 15) is 18.0 Å². The van der Waals surface area contributed by atoms with Crippen molar-refractivity contribution in [3.05, 3.63) is 83.2 Å². The van der Waals surface area contributed by atoms with Crippen LogP contribution in [0.25, 0.3) is 0 Å². The Morgan fingerprint density at radius 3 is 2.23 bits per heavy atom. The molecule has 3 aromatic rings. The van der Waals surface area contributed by atoms with E-state index in [0.717, 1.165) is 22.5 Å². The fourth-order valence-corrected chi connectivity index (χ4v) is 4.81. The molecule has 0 unspecified atom stereocenters. The molecule has 162 valence electrons. The molecule has 0 aliphatic heterocycles. The van der Waals surface area contributed by atoms with Crippen LogP contribution < -0.4 is 15.4 Å². The van der Waals surface area contributed by atoms with Gasteiger partial charge in [0.1, 0.15) is 4.21 Å². The first-order valence-corrected chi connectivity index (χ1v) is 12.0. The van der Waals surface area contributed by atoms with Gasteiger partial charge in [-0.15, -0.1) is 11.3 Å². The Hall–Kier alpha value is -3.17. The molecule has 0 fully saturated rings. The van der Waals surface area contributed by atoms with Crippen LogP contribution in [0.2, 0.25) is 0 Å². The average Bonchev–Trinajstić information content (AvgIpc) is 3.30. The van der Waals surface area contributed by atoms with Crippen LogP contribution in [-0.2, 0) is 32.6 Å². The first-order valence-electron chi connectivity index (χ1n) is 9.65. The van der Waals surface area contributed by atoms with E-state index in [1.807, 2.05) is 30.3 Å². The molecule has 0 atom stereocenters. The zero-order chi connectivity index (χ0) is 22.1. The maximum absolute atomic E-state index is 12.2. The third-order valence-electron chi connectivity index (χ3n) is 4.34. The lowest BCUT2D eigenvalue weighted by atomic mass is 10.1. The number of amides is 2. The quantitative estimate of drug-likeness (QED) is 0.435. The summed E-state index contributed by atoms with van der Waals surface area (Å²) in [6, 6.07) is 19.4. The molecule has 0 saturated heterocycles. The molecule has 9 heteroatoms. The number of benzene rings is 2. The summed E-state index contributed by atoms with van der Waals surface area (Å²) in [5.41, 5.74) is 2.18. The van der Waals surface area contributed by atoms with Crippen LogP contribution in [0, 0.1) is 0 Å². The summed E-state index contributed by atoms with van der Waals surface area (Å²) in [6.45, 7) is 0.703. The number of carbonyl (C=O) groups excluding carboxylic acids is 2. The fraction of sp³-hybridized carbons (Fsp3) is 0.182. The molecular formula is C22H23N3O4S2. The summed E-state index contributed by atoms with van der Waals surface area (Å²) in [5, 5.41) is 7.23. The molecule has 7 nitrogen and oxygen atoms in total. The van der Waals surface area contributed by atoms with Gasteiger partial charge in [0, 0.05) is 25.2 Å². The highest BCUT2D eigenvalue weighted by Gasteiger charge is 2.15. The Labute approximate surface area is 185 Å². The summed E-state index contributed by atoms with van der Waals surface area (Å²) in [7, 11) is -3.60. The lowest BCUT2D eigenvalue weighted by molar-refractivity contribution is -0.122. The van der Waals surface area contributed by atoms with Crippen LogP contribution in [0.5, 0.6) is 0 Å². The van der Waals surface area contributed by atoms with Crippen molar-refractivity contribution in [2.75, 3.05) is 11.3 Å². The molecule has 2 aromatic carbocycles. The van der Waals surface area contributed by atoms with Gasteiger partial charge in [-0.3, -0.25) is 14.3 Å². The SMILES string of the molecule is O=C(CCNC(=O)Cc1ccc(NS(=O)(=O)c2cccs2)cc1)NCc1ccccc1. The third kappa shape index (κ3) is 7.23. The van der Waals surface area contributed by atoms with Gasteiger partial charge in [-0.25, -0.2) is 8.42 Å². The molecule has 1 heterocycles. The van der Waals surface area contributed by atoms with Crippen molar-refractivity contribution >= 4 is 38.9 Å². The molecule has 0 aliphatic carbocycles. The van der Waals surface area contributed by atoms with E-state index in [4.69, 9.17) is 0 Å². The van der Waals surface area contributed by atoms with E-state index in [1.165, 1.54) is 6.07 Å². The van der Waals surface area contributed by atoms with E-state index in [1.54, 1.807) is 35.7 Å². The first-order chi connectivity index (χ1) is 14.9. The largest absolute Gasteiger partial charge is 0.355 e. The second-order valence-corrected chi connectivity index (χ2v) is 9.63. The maximum Gasteiger partial charge on any atom is 0.271 e. The van der Waals surface area contributed by atoms with Crippen molar-refractivity contribution < 1.29 is 18.0 Å². The molecular weight excluding hydrogens is 434 g/mol. The Morgan fingerprint density at radius 2 is 1.55 bits per heavy atom. The Bertz CT molecular complexity index is 1100. The number of sulfonamides is 1. The zero-order valence-electron chi connectivity index (χ0n) is 16.7. The smallest absolute Gasteiger partial charge is 0.271 e. The molecule has 2 amide bonds. The highest BCUT2D eigenvalue weighted by molar-refractivity contribution is 7.94. The second kappa shape index (κ2) is 10.7. The van der Waals surface area contributed by atoms with Crippen LogP contribution in [0.3, 0.4) is 0 Å². The van der Waals surface area contributed by atoms with Crippen LogP contribution >= 0.6 is 11.3 Å². The number of rotatable bonds is 10. The van der Waals surface area contributed by atoms with Gasteiger partial charge in [0.25, 0.3) is 10.0 Å². The van der Waals surface area contributed by atoms with Crippen molar-refractivity contribution in [2.24, 2.45) is 0 Å². The molecule has 0 spiro atoms. The van der Waals surface area contributed by atoms with E-state index in [2.05, 4.69) is 15.4 Å². The fourth-order valence-electron chi connectivity index (χ4n) is 2.76. The van der Waals surface area contributed by atoms with Crippen LogP contribution in [0.15, 0.2) is 76.3 Å². The minimum absolute atomic E-state index is 0.133. The normalized spacial score (nSPS) is 11.0. The standard InChI is InChI=1S/C22H23N3O4S2/c26-20(24-16-18-5-2-1-3-6-18)12-13-23-21(27)15-17-8-10-19(11-9-17)25-31(28,29)22-7-4-14-30-22/h1-11,14,25H,12-13,15-16H2,(H,23,27)(H,24,26). The number of thiophene rings is 1. The van der Waals surface area contributed by atoms with Gasteiger partial charge in [-0.1, -0.05) is 48.5 Å². The number of anilines is 1. The number of carbonyl (C=O) groups is 2. The van der Waals surface area contributed by atoms with Crippen LogP contribution in [0.4, 0.5) is 5.69 Å². The predicted octanol–water partition coefficient (Wildman–Crippen LogP) is 2.91. The summed E-state index contributed by atoms with van der Waals surface area (Å²) >= 11 is 1.14. The van der Waals surface area contributed by atoms with Gasteiger partial charge >= 0.3 is 0 Å². The van der Waals surface area contributed by atoms with Crippen molar-refractivity contribution in [3.8, 4) is 0 Å².